The van der Waals surface area contributed by atoms with Gasteiger partial charge in [0.25, 0.3) is 0 Å². The third kappa shape index (κ3) is 3.53. The molecule has 7 nitrogen and oxygen atoms in total. The van der Waals surface area contributed by atoms with Crippen LogP contribution in [-0.2, 0) is 18.4 Å². The first-order valence-corrected chi connectivity index (χ1v) is 7.65. The molecule has 0 bridgehead atoms. The molecule has 2 aromatic rings. The Morgan fingerprint density at radius 1 is 1.42 bits per heavy atom. The number of urea groups is 1. The molecule has 1 aromatic carbocycles. The molecule has 0 saturated carbocycles. The monoisotopic (exact) mass is 331 g/mol. The van der Waals surface area contributed by atoms with Crippen LogP contribution in [0.15, 0.2) is 30.6 Å². The van der Waals surface area contributed by atoms with Gasteiger partial charge in [-0.3, -0.25) is 9.48 Å². The molecule has 3 rings (SSSR count). The molecule has 3 amide bonds. The molecule has 1 aliphatic rings. The molecule has 24 heavy (non-hydrogen) atoms. The largest absolute Gasteiger partial charge is 0.334 e. The van der Waals surface area contributed by atoms with E-state index < -0.39 is 11.8 Å². The van der Waals surface area contributed by atoms with Crippen molar-refractivity contribution in [2.75, 3.05) is 16.8 Å². The van der Waals surface area contributed by atoms with Gasteiger partial charge in [-0.2, -0.15) is 5.10 Å². The van der Waals surface area contributed by atoms with Gasteiger partial charge < -0.3 is 15.5 Å². The summed E-state index contributed by atoms with van der Waals surface area (Å²) in [4.78, 5) is 25.1. The standard InChI is InChI=1S/C16H18FN5O2/c1-21-10-11(9-19-21)8-18-16(24)20-12-4-5-13(17)14(7-12)22-6-2-3-15(22)23/h4-5,7,9-10H,2-3,6,8H2,1H3,(H2,18,20,24). The van der Waals surface area contributed by atoms with Crippen LogP contribution < -0.4 is 15.5 Å². The summed E-state index contributed by atoms with van der Waals surface area (Å²) in [5, 5.41) is 9.36. The number of aromatic nitrogens is 2. The highest BCUT2D eigenvalue weighted by Gasteiger charge is 2.24. The van der Waals surface area contributed by atoms with E-state index in [1.165, 1.54) is 23.1 Å². The van der Waals surface area contributed by atoms with Gasteiger partial charge in [0.15, 0.2) is 0 Å². The number of amides is 3. The van der Waals surface area contributed by atoms with Gasteiger partial charge in [0, 0.05) is 44.0 Å². The lowest BCUT2D eigenvalue weighted by Gasteiger charge is -2.17. The van der Waals surface area contributed by atoms with E-state index in [2.05, 4.69) is 15.7 Å². The molecule has 1 aliphatic heterocycles. The van der Waals surface area contributed by atoms with Crippen LogP contribution in [0.25, 0.3) is 0 Å². The Kier molecular flexibility index (Phi) is 4.45. The molecule has 2 N–H and O–H groups in total. The Labute approximate surface area is 138 Å². The Bertz CT molecular complexity index is 774. The fraction of sp³-hybridized carbons (Fsp3) is 0.312. The number of anilines is 2. The fourth-order valence-electron chi connectivity index (χ4n) is 2.62. The highest BCUT2D eigenvalue weighted by molar-refractivity contribution is 5.97. The van der Waals surface area contributed by atoms with Crippen molar-refractivity contribution < 1.29 is 14.0 Å². The second kappa shape index (κ2) is 6.69. The molecule has 1 fully saturated rings. The summed E-state index contributed by atoms with van der Waals surface area (Å²) in [7, 11) is 1.79. The van der Waals surface area contributed by atoms with E-state index in [9.17, 15) is 14.0 Å². The fourth-order valence-corrected chi connectivity index (χ4v) is 2.62. The van der Waals surface area contributed by atoms with Gasteiger partial charge in [0.2, 0.25) is 5.91 Å². The van der Waals surface area contributed by atoms with E-state index in [0.29, 0.717) is 31.6 Å². The highest BCUT2D eigenvalue weighted by Crippen LogP contribution is 2.27. The van der Waals surface area contributed by atoms with E-state index in [1.54, 1.807) is 24.1 Å². The summed E-state index contributed by atoms with van der Waals surface area (Å²) < 4.78 is 15.6. The lowest BCUT2D eigenvalue weighted by Crippen LogP contribution is -2.28. The van der Waals surface area contributed by atoms with Gasteiger partial charge in [-0.25, -0.2) is 9.18 Å². The molecule has 0 aliphatic carbocycles. The van der Waals surface area contributed by atoms with Crippen LogP contribution in [0.5, 0.6) is 0 Å². The van der Waals surface area contributed by atoms with Gasteiger partial charge in [0.1, 0.15) is 5.82 Å². The van der Waals surface area contributed by atoms with Crippen LogP contribution in [0, 0.1) is 5.82 Å². The molecule has 0 radical (unpaired) electrons. The number of hydrogen-bond donors (Lipinski definition) is 2. The molecule has 126 valence electrons. The van der Waals surface area contributed by atoms with Gasteiger partial charge in [0.05, 0.1) is 11.9 Å². The maximum atomic E-state index is 14.0. The number of hydrogen-bond acceptors (Lipinski definition) is 3. The average Bonchev–Trinajstić information content (AvgIpc) is 3.16. The van der Waals surface area contributed by atoms with Crippen molar-refractivity contribution in [2.24, 2.45) is 7.05 Å². The molecule has 8 heteroatoms. The van der Waals surface area contributed by atoms with Gasteiger partial charge >= 0.3 is 6.03 Å². The van der Waals surface area contributed by atoms with E-state index in [4.69, 9.17) is 0 Å². The van der Waals surface area contributed by atoms with E-state index >= 15 is 0 Å². The van der Waals surface area contributed by atoms with E-state index in [0.717, 1.165) is 5.56 Å². The van der Waals surface area contributed by atoms with Crippen LogP contribution in [0.1, 0.15) is 18.4 Å². The highest BCUT2D eigenvalue weighted by atomic mass is 19.1. The number of benzene rings is 1. The molecule has 1 aromatic heterocycles. The van der Waals surface area contributed by atoms with Crippen LogP contribution in [0.2, 0.25) is 0 Å². The summed E-state index contributed by atoms with van der Waals surface area (Å²) in [5.41, 5.74) is 1.49. The Morgan fingerprint density at radius 2 is 2.25 bits per heavy atom. The minimum absolute atomic E-state index is 0.105. The third-order valence-electron chi connectivity index (χ3n) is 3.78. The van der Waals surface area contributed by atoms with Crippen molar-refractivity contribution in [3.8, 4) is 0 Å². The number of rotatable bonds is 4. The molecule has 0 unspecified atom stereocenters. The first-order valence-electron chi connectivity index (χ1n) is 7.65. The van der Waals surface area contributed by atoms with Crippen LogP contribution in [-0.4, -0.2) is 28.3 Å². The van der Waals surface area contributed by atoms with Gasteiger partial charge in [-0.15, -0.1) is 0 Å². The smallest absolute Gasteiger partial charge is 0.319 e. The van der Waals surface area contributed by atoms with Gasteiger partial charge in [-0.1, -0.05) is 0 Å². The first-order chi connectivity index (χ1) is 11.5. The van der Waals surface area contributed by atoms with Crippen molar-refractivity contribution in [3.63, 3.8) is 0 Å². The molecule has 2 heterocycles. The minimum atomic E-state index is -0.480. The molecular formula is C16H18FN5O2. The van der Waals surface area contributed by atoms with Crippen LogP contribution in [0.3, 0.4) is 0 Å². The third-order valence-corrected chi connectivity index (χ3v) is 3.78. The van der Waals surface area contributed by atoms with Gasteiger partial charge in [-0.05, 0) is 24.6 Å². The van der Waals surface area contributed by atoms with E-state index in [1.807, 2.05) is 0 Å². The number of carbonyl (C=O) groups excluding carboxylic acids is 2. The topological polar surface area (TPSA) is 79.3 Å². The summed E-state index contributed by atoms with van der Waals surface area (Å²) in [6.45, 7) is 0.824. The number of halogens is 1. The summed E-state index contributed by atoms with van der Waals surface area (Å²) >= 11 is 0. The number of nitrogens with zero attached hydrogens (tertiary/aromatic N) is 3. The molecule has 0 atom stereocenters. The summed E-state index contributed by atoms with van der Waals surface area (Å²) in [6, 6.07) is 3.77. The molecule has 1 saturated heterocycles. The SMILES string of the molecule is Cn1cc(CNC(=O)Nc2ccc(F)c(N3CCCC3=O)c2)cn1. The lowest BCUT2D eigenvalue weighted by molar-refractivity contribution is -0.117. The summed E-state index contributed by atoms with van der Waals surface area (Å²) in [5.74, 6) is -0.585. The van der Waals surface area contributed by atoms with Crippen LogP contribution in [0.4, 0.5) is 20.6 Å². The average molecular weight is 331 g/mol. The van der Waals surface area contributed by atoms with E-state index in [-0.39, 0.29) is 11.6 Å². The Morgan fingerprint density at radius 3 is 2.92 bits per heavy atom. The Hall–Kier alpha value is -2.90. The maximum absolute atomic E-state index is 14.0. The molecule has 0 spiro atoms. The minimum Gasteiger partial charge on any atom is -0.334 e. The Balaban J connectivity index is 1.64. The zero-order valence-electron chi connectivity index (χ0n) is 13.3. The zero-order chi connectivity index (χ0) is 17.1. The normalized spacial score (nSPS) is 14.1. The first kappa shape index (κ1) is 16.0. The van der Waals surface area contributed by atoms with Crippen molar-refractivity contribution in [3.05, 3.63) is 42.0 Å². The maximum Gasteiger partial charge on any atom is 0.319 e. The van der Waals surface area contributed by atoms with Crippen molar-refractivity contribution in [1.29, 1.82) is 0 Å². The number of aryl methyl sites for hydroxylation is 1. The second-order valence-electron chi connectivity index (χ2n) is 5.65. The van der Waals surface area contributed by atoms with Crippen molar-refractivity contribution >= 4 is 23.3 Å². The lowest BCUT2D eigenvalue weighted by atomic mass is 10.2. The van der Waals surface area contributed by atoms with Crippen molar-refractivity contribution in [2.45, 2.75) is 19.4 Å². The van der Waals surface area contributed by atoms with Crippen LogP contribution >= 0.6 is 0 Å². The zero-order valence-corrected chi connectivity index (χ0v) is 13.3. The predicted molar refractivity (Wildman–Crippen MR) is 87.1 cm³/mol. The number of nitrogens with one attached hydrogen (secondary N) is 2. The second-order valence-corrected chi connectivity index (χ2v) is 5.65. The molecular weight excluding hydrogens is 313 g/mol. The summed E-state index contributed by atoms with van der Waals surface area (Å²) in [6.07, 6.45) is 4.59. The number of carbonyl (C=O) groups is 2. The quantitative estimate of drug-likeness (QED) is 0.899. The van der Waals surface area contributed by atoms with Crippen molar-refractivity contribution in [1.82, 2.24) is 15.1 Å². The predicted octanol–water partition coefficient (Wildman–Crippen LogP) is 2.01.